The number of aromatic nitrogens is 2. The summed E-state index contributed by atoms with van der Waals surface area (Å²) in [7, 11) is 0. The van der Waals surface area contributed by atoms with Crippen LogP contribution in [-0.2, 0) is 13.0 Å². The Hall–Kier alpha value is -0.650. The monoisotopic (exact) mass is 298 g/mol. The molecule has 2 aromatic heterocycles. The summed E-state index contributed by atoms with van der Waals surface area (Å²) in [5.74, 6) is 0.976. The molecule has 0 radical (unpaired) electrons. The van der Waals surface area contributed by atoms with Crippen LogP contribution in [-0.4, -0.2) is 20.8 Å². The first-order valence-electron chi connectivity index (χ1n) is 5.22. The quantitative estimate of drug-likeness (QED) is 0.879. The van der Waals surface area contributed by atoms with E-state index >= 15 is 0 Å². The predicted molar refractivity (Wildman–Crippen MR) is 67.6 cm³/mol. The molecule has 1 unspecified atom stereocenters. The Morgan fingerprint density at radius 1 is 1.50 bits per heavy atom. The van der Waals surface area contributed by atoms with Gasteiger partial charge in [-0.1, -0.05) is 0 Å². The molecule has 0 aliphatic carbocycles. The zero-order valence-electron chi connectivity index (χ0n) is 8.56. The maximum absolute atomic E-state index is 9.70. The minimum absolute atomic E-state index is 0.233. The van der Waals surface area contributed by atoms with Crippen LogP contribution in [0.2, 0.25) is 0 Å². The Bertz CT molecular complexity index is 520. The molecule has 3 heterocycles. The molecule has 0 saturated heterocycles. The molecule has 1 aliphatic rings. The topological polar surface area (TPSA) is 38.1 Å². The largest absolute Gasteiger partial charge is 0.391 e. The van der Waals surface area contributed by atoms with E-state index in [2.05, 4.69) is 31.5 Å². The fourth-order valence-corrected chi connectivity index (χ4v) is 3.45. The van der Waals surface area contributed by atoms with Crippen molar-refractivity contribution in [2.24, 2.45) is 0 Å². The van der Waals surface area contributed by atoms with Gasteiger partial charge in [-0.15, -0.1) is 11.3 Å². The van der Waals surface area contributed by atoms with E-state index in [-0.39, 0.29) is 6.10 Å². The molecule has 0 aromatic carbocycles. The Morgan fingerprint density at radius 2 is 2.38 bits per heavy atom. The average molecular weight is 299 g/mol. The fraction of sp³-hybridized carbons (Fsp3) is 0.364. The predicted octanol–water partition coefficient (Wildman–Crippen LogP) is 2.68. The van der Waals surface area contributed by atoms with Crippen molar-refractivity contribution in [3.8, 4) is 10.7 Å². The number of aryl methyl sites for hydroxylation is 1. The Kier molecular flexibility index (Phi) is 2.61. The minimum Gasteiger partial charge on any atom is -0.391 e. The van der Waals surface area contributed by atoms with Crippen molar-refractivity contribution in [3.63, 3.8) is 0 Å². The summed E-state index contributed by atoms with van der Waals surface area (Å²) in [4.78, 5) is 5.60. The van der Waals surface area contributed by atoms with Crippen LogP contribution in [0.4, 0.5) is 0 Å². The van der Waals surface area contributed by atoms with Gasteiger partial charge in [-0.2, -0.15) is 0 Å². The van der Waals surface area contributed by atoms with E-state index < -0.39 is 0 Å². The van der Waals surface area contributed by atoms with Gasteiger partial charge in [0.1, 0.15) is 5.82 Å². The maximum Gasteiger partial charge on any atom is 0.150 e. The zero-order valence-corrected chi connectivity index (χ0v) is 11.0. The van der Waals surface area contributed by atoms with Gasteiger partial charge in [0.05, 0.1) is 21.3 Å². The van der Waals surface area contributed by atoms with Crippen molar-refractivity contribution in [1.82, 2.24) is 9.55 Å². The van der Waals surface area contributed by atoms with E-state index in [0.29, 0.717) is 6.54 Å². The number of fused-ring (bicyclic) bond motifs is 1. The van der Waals surface area contributed by atoms with Gasteiger partial charge in [0, 0.05) is 11.9 Å². The van der Waals surface area contributed by atoms with Gasteiger partial charge in [-0.3, -0.25) is 0 Å². The molecule has 84 valence electrons. The molecule has 3 rings (SSSR count). The molecule has 1 atom stereocenters. The Morgan fingerprint density at radius 3 is 3.12 bits per heavy atom. The highest BCUT2D eigenvalue weighted by molar-refractivity contribution is 9.11. The molecule has 1 aliphatic heterocycles. The number of nitrogens with zero attached hydrogens (tertiary/aromatic N) is 2. The lowest BCUT2D eigenvalue weighted by molar-refractivity contribution is 0.132. The van der Waals surface area contributed by atoms with Crippen LogP contribution in [0.15, 0.2) is 22.1 Å². The number of aliphatic hydroxyl groups is 1. The van der Waals surface area contributed by atoms with E-state index in [0.717, 1.165) is 27.3 Å². The molecule has 0 amide bonds. The van der Waals surface area contributed by atoms with Gasteiger partial charge in [-0.05, 0) is 40.9 Å². The SMILES string of the molecule is OC1CCc2cnc(-c3ccc(Br)s3)n2C1. The van der Waals surface area contributed by atoms with Crippen LogP contribution in [0.5, 0.6) is 0 Å². The molecule has 0 spiro atoms. The van der Waals surface area contributed by atoms with E-state index in [4.69, 9.17) is 0 Å². The number of hydrogen-bond acceptors (Lipinski definition) is 3. The number of thiophene rings is 1. The standard InChI is InChI=1S/C11H11BrN2OS/c12-10-4-3-9(16-10)11-13-5-7-1-2-8(15)6-14(7)11/h3-5,8,15H,1-2,6H2. The molecule has 1 N–H and O–H groups in total. The van der Waals surface area contributed by atoms with Gasteiger partial charge < -0.3 is 9.67 Å². The van der Waals surface area contributed by atoms with E-state index in [1.165, 1.54) is 5.69 Å². The molecule has 0 saturated carbocycles. The highest BCUT2D eigenvalue weighted by atomic mass is 79.9. The molecule has 2 aromatic rings. The molecule has 16 heavy (non-hydrogen) atoms. The van der Waals surface area contributed by atoms with E-state index in [9.17, 15) is 5.11 Å². The summed E-state index contributed by atoms with van der Waals surface area (Å²) < 4.78 is 3.24. The van der Waals surface area contributed by atoms with Crippen molar-refractivity contribution in [1.29, 1.82) is 0 Å². The number of rotatable bonds is 1. The summed E-state index contributed by atoms with van der Waals surface area (Å²) in [5, 5.41) is 9.70. The van der Waals surface area contributed by atoms with Crippen LogP contribution in [0.3, 0.4) is 0 Å². The van der Waals surface area contributed by atoms with E-state index in [1.807, 2.05) is 12.3 Å². The minimum atomic E-state index is -0.233. The van der Waals surface area contributed by atoms with E-state index in [1.54, 1.807) is 11.3 Å². The Balaban J connectivity index is 2.06. The molecular weight excluding hydrogens is 288 g/mol. The molecule has 0 bridgehead atoms. The van der Waals surface area contributed by atoms with Crippen LogP contribution in [0, 0.1) is 0 Å². The summed E-state index contributed by atoms with van der Waals surface area (Å²) >= 11 is 5.13. The van der Waals surface area contributed by atoms with Gasteiger partial charge >= 0.3 is 0 Å². The lowest BCUT2D eigenvalue weighted by atomic mass is 10.1. The lowest BCUT2D eigenvalue weighted by Gasteiger charge is -2.21. The molecule has 0 fully saturated rings. The first kappa shape index (κ1) is 10.5. The smallest absolute Gasteiger partial charge is 0.150 e. The molecule has 3 nitrogen and oxygen atoms in total. The summed E-state index contributed by atoms with van der Waals surface area (Å²) in [5.41, 5.74) is 1.23. The number of imidazole rings is 1. The van der Waals surface area contributed by atoms with Crippen LogP contribution in [0.1, 0.15) is 12.1 Å². The van der Waals surface area contributed by atoms with Crippen LogP contribution in [0.25, 0.3) is 10.7 Å². The van der Waals surface area contributed by atoms with Gasteiger partial charge in [0.25, 0.3) is 0 Å². The van der Waals surface area contributed by atoms with Crippen molar-refractivity contribution >= 4 is 27.3 Å². The van der Waals surface area contributed by atoms with Gasteiger partial charge in [-0.25, -0.2) is 4.98 Å². The highest BCUT2D eigenvalue weighted by Gasteiger charge is 2.20. The van der Waals surface area contributed by atoms with Crippen molar-refractivity contribution < 1.29 is 5.11 Å². The third-order valence-electron chi connectivity index (χ3n) is 2.86. The fourth-order valence-electron chi connectivity index (χ4n) is 2.06. The summed E-state index contributed by atoms with van der Waals surface area (Å²) in [6.45, 7) is 0.667. The molecular formula is C11H11BrN2OS. The van der Waals surface area contributed by atoms with Crippen molar-refractivity contribution in [2.45, 2.75) is 25.5 Å². The third-order valence-corrected chi connectivity index (χ3v) is 4.48. The normalized spacial score (nSPS) is 19.8. The second-order valence-electron chi connectivity index (χ2n) is 3.98. The van der Waals surface area contributed by atoms with Gasteiger partial charge in [0.2, 0.25) is 0 Å². The number of hydrogen-bond donors (Lipinski definition) is 1. The number of halogens is 1. The van der Waals surface area contributed by atoms with Crippen LogP contribution < -0.4 is 0 Å². The molecule has 5 heteroatoms. The summed E-state index contributed by atoms with van der Waals surface area (Å²) in [6, 6.07) is 4.09. The highest BCUT2D eigenvalue weighted by Crippen LogP contribution is 2.32. The number of aliphatic hydroxyl groups excluding tert-OH is 1. The van der Waals surface area contributed by atoms with Crippen molar-refractivity contribution in [2.75, 3.05) is 0 Å². The zero-order chi connectivity index (χ0) is 11.1. The van der Waals surface area contributed by atoms with Gasteiger partial charge in [0.15, 0.2) is 0 Å². The lowest BCUT2D eigenvalue weighted by Crippen LogP contribution is -2.24. The maximum atomic E-state index is 9.70. The second kappa shape index (κ2) is 3.98. The second-order valence-corrected chi connectivity index (χ2v) is 6.44. The van der Waals surface area contributed by atoms with Crippen molar-refractivity contribution in [3.05, 3.63) is 27.8 Å². The summed E-state index contributed by atoms with van der Waals surface area (Å²) in [6.07, 6.45) is 3.46. The Labute approximate surface area is 106 Å². The average Bonchev–Trinajstić information content (AvgIpc) is 2.83. The first-order chi connectivity index (χ1) is 7.74. The first-order valence-corrected chi connectivity index (χ1v) is 6.83. The van der Waals surface area contributed by atoms with Crippen LogP contribution >= 0.6 is 27.3 Å². The third kappa shape index (κ3) is 1.73.